The van der Waals surface area contributed by atoms with Crippen molar-refractivity contribution in [2.75, 3.05) is 0 Å². The molecule has 0 aliphatic heterocycles. The first-order chi connectivity index (χ1) is 14.5. The molecule has 3 nitrogen and oxygen atoms in total. The molecule has 0 bridgehead atoms. The van der Waals surface area contributed by atoms with Gasteiger partial charge in [-0.2, -0.15) is 0 Å². The molecule has 7 rings (SSSR count). The molecule has 1 aliphatic carbocycles. The van der Waals surface area contributed by atoms with Crippen LogP contribution in [0.4, 0.5) is 0 Å². The normalized spacial score (nSPS) is 14.9. The maximum absolute atomic E-state index is 11.0. The molecular weight excluding hydrogens is 370 g/mol. The monoisotopic (exact) mass is 389 g/mol. The van der Waals surface area contributed by atoms with Crippen molar-refractivity contribution < 1.29 is 10.2 Å². The van der Waals surface area contributed by atoms with Gasteiger partial charge in [-0.05, 0) is 58.3 Å². The van der Waals surface area contributed by atoms with Gasteiger partial charge in [0, 0.05) is 27.1 Å². The van der Waals surface area contributed by atoms with Crippen molar-refractivity contribution in [1.82, 2.24) is 4.40 Å². The highest BCUT2D eigenvalue weighted by atomic mass is 16.3. The summed E-state index contributed by atoms with van der Waals surface area (Å²) in [5, 5.41) is 26.3. The minimum atomic E-state index is -0.196. The van der Waals surface area contributed by atoms with Gasteiger partial charge in [-0.1, -0.05) is 44.2 Å². The summed E-state index contributed by atoms with van der Waals surface area (Å²) in [6.07, 6.45) is 0. The Balaban J connectivity index is 1.81. The van der Waals surface area contributed by atoms with Crippen LogP contribution in [0.5, 0.6) is 11.5 Å². The third kappa shape index (κ3) is 1.65. The molecule has 0 spiro atoms. The Kier molecular flexibility index (Phi) is 2.62. The molecular formula is C27H19NO2. The standard InChI is InChI=1S/C27H19NO2/c1-27(2)20-6-4-3-5-18(20)26-24(27)23-22(30)10-9-17-19-12-14-7-8-16(29)11-15(14)13-21(19)28(26)25(17)23/h3-13,29-30H,1-2H3. The molecule has 0 saturated heterocycles. The van der Waals surface area contributed by atoms with E-state index in [2.05, 4.69) is 54.6 Å². The molecule has 6 aromatic rings. The van der Waals surface area contributed by atoms with Crippen molar-refractivity contribution in [3.05, 3.63) is 77.9 Å². The number of aromatic nitrogens is 1. The van der Waals surface area contributed by atoms with Gasteiger partial charge in [-0.3, -0.25) is 0 Å². The summed E-state index contributed by atoms with van der Waals surface area (Å²) in [4.78, 5) is 0. The summed E-state index contributed by atoms with van der Waals surface area (Å²) < 4.78 is 2.33. The fourth-order valence-electron chi connectivity index (χ4n) is 5.77. The second-order valence-corrected chi connectivity index (χ2v) is 8.99. The second kappa shape index (κ2) is 4.88. The number of benzene rings is 4. The van der Waals surface area contributed by atoms with Crippen molar-refractivity contribution in [1.29, 1.82) is 0 Å². The minimum absolute atomic E-state index is 0.196. The topological polar surface area (TPSA) is 44.9 Å². The van der Waals surface area contributed by atoms with E-state index in [-0.39, 0.29) is 11.2 Å². The van der Waals surface area contributed by atoms with Gasteiger partial charge < -0.3 is 14.6 Å². The fraction of sp³-hybridized carbons (Fsp3) is 0.111. The van der Waals surface area contributed by atoms with E-state index in [1.807, 2.05) is 24.3 Å². The van der Waals surface area contributed by atoms with Crippen LogP contribution in [0.15, 0.2) is 66.7 Å². The van der Waals surface area contributed by atoms with Gasteiger partial charge in [-0.15, -0.1) is 0 Å². The third-order valence-electron chi connectivity index (χ3n) is 7.04. The Bertz CT molecular complexity index is 1690. The fourth-order valence-corrected chi connectivity index (χ4v) is 5.77. The summed E-state index contributed by atoms with van der Waals surface area (Å²) in [6.45, 7) is 4.49. The Hall–Kier alpha value is -3.72. The molecule has 2 N–H and O–H groups in total. The minimum Gasteiger partial charge on any atom is -0.508 e. The maximum atomic E-state index is 11.0. The maximum Gasteiger partial charge on any atom is 0.125 e. The lowest BCUT2D eigenvalue weighted by Crippen LogP contribution is -2.14. The number of hydrogen-bond donors (Lipinski definition) is 2. The lowest BCUT2D eigenvalue weighted by atomic mass is 9.81. The number of fused-ring (bicyclic) bond motifs is 9. The third-order valence-corrected chi connectivity index (χ3v) is 7.04. The highest BCUT2D eigenvalue weighted by molar-refractivity contribution is 6.21. The SMILES string of the molecule is CC1(C)c2ccccc2-c2c1c1c(O)ccc3c4cc5ccc(O)cc5cc4n2c13. The molecule has 0 atom stereocenters. The van der Waals surface area contributed by atoms with E-state index >= 15 is 0 Å². The molecule has 2 aromatic heterocycles. The predicted octanol–water partition coefficient (Wildman–Crippen LogP) is 6.55. The van der Waals surface area contributed by atoms with E-state index in [0.29, 0.717) is 5.75 Å². The number of phenolic OH excluding ortho intramolecular Hbond substituents is 2. The second-order valence-electron chi connectivity index (χ2n) is 8.99. The van der Waals surface area contributed by atoms with E-state index in [1.165, 1.54) is 22.4 Å². The molecule has 0 saturated carbocycles. The molecule has 4 aromatic carbocycles. The van der Waals surface area contributed by atoms with Crippen LogP contribution in [0.2, 0.25) is 0 Å². The van der Waals surface area contributed by atoms with Crippen molar-refractivity contribution >= 4 is 38.0 Å². The average Bonchev–Trinajstić information content (AvgIpc) is 3.32. The summed E-state index contributed by atoms with van der Waals surface area (Å²) >= 11 is 0. The van der Waals surface area contributed by atoms with Crippen LogP contribution >= 0.6 is 0 Å². The van der Waals surface area contributed by atoms with Crippen molar-refractivity contribution in [3.63, 3.8) is 0 Å². The van der Waals surface area contributed by atoms with E-state index in [0.717, 1.165) is 38.0 Å². The Morgan fingerprint density at radius 1 is 0.800 bits per heavy atom. The van der Waals surface area contributed by atoms with Gasteiger partial charge in [0.05, 0.1) is 16.7 Å². The van der Waals surface area contributed by atoms with Gasteiger partial charge in [0.1, 0.15) is 11.5 Å². The number of hydrogen-bond acceptors (Lipinski definition) is 2. The zero-order chi connectivity index (χ0) is 20.4. The molecule has 0 fully saturated rings. The number of nitrogens with zero attached hydrogens (tertiary/aromatic N) is 1. The lowest BCUT2D eigenvalue weighted by molar-refractivity contribution is 0.476. The molecule has 0 unspecified atom stereocenters. The summed E-state index contributed by atoms with van der Waals surface area (Å²) in [5.74, 6) is 0.601. The summed E-state index contributed by atoms with van der Waals surface area (Å²) in [7, 11) is 0. The van der Waals surface area contributed by atoms with Gasteiger partial charge in [0.25, 0.3) is 0 Å². The number of phenols is 2. The first kappa shape index (κ1) is 16.1. The number of rotatable bonds is 0. The van der Waals surface area contributed by atoms with Crippen LogP contribution in [-0.4, -0.2) is 14.6 Å². The highest BCUT2D eigenvalue weighted by Gasteiger charge is 2.41. The van der Waals surface area contributed by atoms with Gasteiger partial charge >= 0.3 is 0 Å². The van der Waals surface area contributed by atoms with Crippen LogP contribution in [0, 0.1) is 0 Å². The molecule has 1 aliphatic rings. The Morgan fingerprint density at radius 3 is 2.50 bits per heavy atom. The molecule has 0 amide bonds. The lowest BCUT2D eigenvalue weighted by Gasteiger charge is -2.21. The summed E-state index contributed by atoms with van der Waals surface area (Å²) in [6, 6.07) is 22.3. The molecule has 0 radical (unpaired) electrons. The molecule has 3 heteroatoms. The smallest absolute Gasteiger partial charge is 0.125 e. The van der Waals surface area contributed by atoms with E-state index in [4.69, 9.17) is 0 Å². The van der Waals surface area contributed by atoms with Crippen LogP contribution in [0.1, 0.15) is 25.0 Å². The molecule has 30 heavy (non-hydrogen) atoms. The molecule has 144 valence electrons. The van der Waals surface area contributed by atoms with Crippen molar-refractivity contribution in [3.8, 4) is 22.8 Å². The van der Waals surface area contributed by atoms with Gasteiger partial charge in [0.2, 0.25) is 0 Å². The number of aromatic hydroxyl groups is 2. The zero-order valence-corrected chi connectivity index (χ0v) is 16.7. The van der Waals surface area contributed by atoms with Crippen LogP contribution in [0.3, 0.4) is 0 Å². The predicted molar refractivity (Wildman–Crippen MR) is 122 cm³/mol. The average molecular weight is 389 g/mol. The van der Waals surface area contributed by atoms with Crippen molar-refractivity contribution in [2.45, 2.75) is 19.3 Å². The van der Waals surface area contributed by atoms with E-state index in [9.17, 15) is 10.2 Å². The first-order valence-electron chi connectivity index (χ1n) is 10.2. The van der Waals surface area contributed by atoms with Crippen LogP contribution in [-0.2, 0) is 5.41 Å². The zero-order valence-electron chi connectivity index (χ0n) is 16.7. The van der Waals surface area contributed by atoms with Gasteiger partial charge in [-0.25, -0.2) is 0 Å². The van der Waals surface area contributed by atoms with Crippen LogP contribution in [0.25, 0.3) is 49.2 Å². The highest BCUT2D eigenvalue weighted by Crippen LogP contribution is 2.56. The van der Waals surface area contributed by atoms with E-state index in [1.54, 1.807) is 6.07 Å². The Labute approximate surface area is 172 Å². The van der Waals surface area contributed by atoms with Crippen LogP contribution < -0.4 is 0 Å². The Morgan fingerprint density at radius 2 is 1.63 bits per heavy atom. The largest absolute Gasteiger partial charge is 0.508 e. The summed E-state index contributed by atoms with van der Waals surface area (Å²) in [5.41, 5.74) is 6.87. The first-order valence-corrected chi connectivity index (χ1v) is 10.2. The van der Waals surface area contributed by atoms with Gasteiger partial charge in [0.15, 0.2) is 0 Å². The molecule has 2 heterocycles. The quantitative estimate of drug-likeness (QED) is 0.309. The van der Waals surface area contributed by atoms with E-state index < -0.39 is 0 Å². The van der Waals surface area contributed by atoms with Crippen molar-refractivity contribution in [2.24, 2.45) is 0 Å².